The van der Waals surface area contributed by atoms with E-state index in [2.05, 4.69) is 40.5 Å². The monoisotopic (exact) mass is 503 g/mol. The van der Waals surface area contributed by atoms with Gasteiger partial charge in [-0.25, -0.2) is 9.97 Å². The van der Waals surface area contributed by atoms with Crippen LogP contribution in [-0.2, 0) is 19.1 Å². The Bertz CT molecular complexity index is 1360. The number of fused-ring (bicyclic) bond motifs is 1. The van der Waals surface area contributed by atoms with Crippen LogP contribution in [0, 0.1) is 0 Å². The number of hydrogen-bond acceptors (Lipinski definition) is 5. The summed E-state index contributed by atoms with van der Waals surface area (Å²) in [4.78, 5) is 15.6. The van der Waals surface area contributed by atoms with Crippen molar-refractivity contribution in [3.05, 3.63) is 109 Å². The highest BCUT2D eigenvalue weighted by Gasteiger charge is 2.34. The van der Waals surface area contributed by atoms with E-state index in [4.69, 9.17) is 9.97 Å². The zero-order valence-corrected chi connectivity index (χ0v) is 20.4. The summed E-state index contributed by atoms with van der Waals surface area (Å²) < 4.78 is 40.9. The normalized spacial score (nSPS) is 11.6. The minimum absolute atomic E-state index is 0.129. The molecular formula is C29H28F3N5. The van der Waals surface area contributed by atoms with Crippen molar-refractivity contribution < 1.29 is 13.2 Å². The molecule has 0 aliphatic rings. The average molecular weight is 504 g/mol. The molecule has 0 spiro atoms. The molecule has 0 saturated carbocycles. The van der Waals surface area contributed by atoms with Crippen LogP contribution in [0.4, 0.5) is 19.0 Å². The minimum atomic E-state index is -4.52. The number of benzene rings is 2. The number of alkyl halides is 3. The van der Waals surface area contributed by atoms with E-state index in [1.807, 2.05) is 18.2 Å². The Kier molecular flexibility index (Phi) is 8.30. The summed E-state index contributed by atoms with van der Waals surface area (Å²) in [5.41, 5.74) is 1.16. The van der Waals surface area contributed by atoms with Gasteiger partial charge in [-0.05, 0) is 36.2 Å². The maximum Gasteiger partial charge on any atom is 0.418 e. The van der Waals surface area contributed by atoms with Crippen molar-refractivity contribution in [2.24, 2.45) is 0 Å². The van der Waals surface area contributed by atoms with Crippen LogP contribution in [0.2, 0.25) is 0 Å². The van der Waals surface area contributed by atoms with Gasteiger partial charge in [-0.1, -0.05) is 48.6 Å². The lowest BCUT2D eigenvalue weighted by Gasteiger charge is -2.19. The summed E-state index contributed by atoms with van der Waals surface area (Å²) >= 11 is 0. The molecule has 0 saturated heterocycles. The molecule has 0 radical (unpaired) electrons. The van der Waals surface area contributed by atoms with Crippen molar-refractivity contribution in [2.45, 2.75) is 19.1 Å². The van der Waals surface area contributed by atoms with Crippen molar-refractivity contribution in [1.82, 2.24) is 19.9 Å². The minimum Gasteiger partial charge on any atom is -0.369 e. The standard InChI is InChI=1S/C29H28F3N5/c1-3-17-37(18-4-2)20-26-35-25-19-22(27-24(29(30,31)32)11-8-15-33-27)12-13-23(25)28(36-26)34-16-14-21-9-6-5-7-10-21/h3-13,15,19H,1-2,14,16-18,20H2,(H,34,35,36). The molecule has 2 aromatic carbocycles. The maximum atomic E-state index is 13.6. The van der Waals surface area contributed by atoms with Crippen molar-refractivity contribution >= 4 is 16.7 Å². The number of halogens is 3. The number of nitrogens with zero attached hydrogens (tertiary/aromatic N) is 4. The summed E-state index contributed by atoms with van der Waals surface area (Å²) in [6.07, 6.45) is 1.22. The van der Waals surface area contributed by atoms with Crippen molar-refractivity contribution in [3.8, 4) is 11.3 Å². The number of aromatic nitrogens is 3. The number of hydrogen-bond donors (Lipinski definition) is 1. The fourth-order valence-corrected chi connectivity index (χ4v) is 4.13. The molecule has 37 heavy (non-hydrogen) atoms. The molecule has 0 aliphatic carbocycles. The van der Waals surface area contributed by atoms with Crippen LogP contribution < -0.4 is 5.32 Å². The molecule has 2 aromatic heterocycles. The topological polar surface area (TPSA) is 53.9 Å². The molecule has 0 aliphatic heterocycles. The van der Waals surface area contributed by atoms with E-state index >= 15 is 0 Å². The molecule has 0 atom stereocenters. The average Bonchev–Trinajstić information content (AvgIpc) is 2.89. The first-order valence-electron chi connectivity index (χ1n) is 11.9. The Morgan fingerprint density at radius 3 is 2.38 bits per heavy atom. The van der Waals surface area contributed by atoms with Crippen molar-refractivity contribution in [3.63, 3.8) is 0 Å². The van der Waals surface area contributed by atoms with Crippen LogP contribution in [0.1, 0.15) is 17.0 Å². The Morgan fingerprint density at radius 2 is 1.68 bits per heavy atom. The van der Waals surface area contributed by atoms with E-state index in [1.54, 1.807) is 30.4 Å². The number of nitrogens with one attached hydrogen (secondary N) is 1. The smallest absolute Gasteiger partial charge is 0.369 e. The highest BCUT2D eigenvalue weighted by molar-refractivity contribution is 5.92. The third kappa shape index (κ3) is 6.59. The molecule has 2 heterocycles. The van der Waals surface area contributed by atoms with Crippen LogP contribution in [0.3, 0.4) is 0 Å². The fourth-order valence-electron chi connectivity index (χ4n) is 4.13. The first-order valence-corrected chi connectivity index (χ1v) is 11.9. The van der Waals surface area contributed by atoms with Gasteiger partial charge in [0.05, 0.1) is 23.3 Å². The predicted molar refractivity (Wildman–Crippen MR) is 142 cm³/mol. The van der Waals surface area contributed by atoms with Crippen LogP contribution >= 0.6 is 0 Å². The van der Waals surface area contributed by atoms with Crippen molar-refractivity contribution in [2.75, 3.05) is 25.0 Å². The quantitative estimate of drug-likeness (QED) is 0.236. The van der Waals surface area contributed by atoms with Gasteiger partial charge in [0.2, 0.25) is 0 Å². The van der Waals surface area contributed by atoms with Gasteiger partial charge in [0.1, 0.15) is 11.6 Å². The van der Waals surface area contributed by atoms with Gasteiger partial charge < -0.3 is 5.32 Å². The summed E-state index contributed by atoms with van der Waals surface area (Å²) in [6.45, 7) is 9.92. The lowest BCUT2D eigenvalue weighted by atomic mass is 10.0. The van der Waals surface area contributed by atoms with E-state index in [0.717, 1.165) is 17.9 Å². The third-order valence-electron chi connectivity index (χ3n) is 5.82. The largest absolute Gasteiger partial charge is 0.418 e. The molecule has 0 bridgehead atoms. The van der Waals surface area contributed by atoms with E-state index in [-0.39, 0.29) is 5.69 Å². The highest BCUT2D eigenvalue weighted by Crippen LogP contribution is 2.36. The van der Waals surface area contributed by atoms with Crippen LogP contribution in [0.15, 0.2) is 92.2 Å². The van der Waals surface area contributed by atoms with Crippen LogP contribution in [0.5, 0.6) is 0 Å². The first-order chi connectivity index (χ1) is 17.9. The van der Waals surface area contributed by atoms with E-state index in [0.29, 0.717) is 48.9 Å². The van der Waals surface area contributed by atoms with E-state index < -0.39 is 11.7 Å². The molecule has 190 valence electrons. The van der Waals surface area contributed by atoms with Gasteiger partial charge in [0.25, 0.3) is 0 Å². The SMILES string of the molecule is C=CCN(CC=C)Cc1nc(NCCc2ccccc2)c2ccc(-c3ncccc3C(F)(F)F)cc2n1. The molecule has 0 unspecified atom stereocenters. The lowest BCUT2D eigenvalue weighted by molar-refractivity contribution is -0.137. The number of rotatable bonds is 11. The molecule has 8 heteroatoms. The molecule has 1 N–H and O–H groups in total. The van der Waals surface area contributed by atoms with E-state index in [9.17, 15) is 13.2 Å². The highest BCUT2D eigenvalue weighted by atomic mass is 19.4. The molecule has 0 fully saturated rings. The predicted octanol–water partition coefficient (Wildman–Crippen LogP) is 6.54. The summed E-state index contributed by atoms with van der Waals surface area (Å²) in [7, 11) is 0. The lowest BCUT2D eigenvalue weighted by Crippen LogP contribution is -2.24. The molecule has 5 nitrogen and oxygen atoms in total. The van der Waals surface area contributed by atoms with Crippen molar-refractivity contribution in [1.29, 1.82) is 0 Å². The maximum absolute atomic E-state index is 13.6. The van der Waals surface area contributed by atoms with E-state index in [1.165, 1.54) is 17.8 Å². The summed E-state index contributed by atoms with van der Waals surface area (Å²) in [5, 5.41) is 4.13. The zero-order valence-electron chi connectivity index (χ0n) is 20.4. The second kappa shape index (κ2) is 11.8. The molecular weight excluding hydrogens is 475 g/mol. The summed E-state index contributed by atoms with van der Waals surface area (Å²) in [5.74, 6) is 1.18. The van der Waals surface area contributed by atoms with Crippen LogP contribution in [0.25, 0.3) is 22.2 Å². The second-order valence-corrected chi connectivity index (χ2v) is 8.55. The Hall–Kier alpha value is -4.04. The zero-order chi connectivity index (χ0) is 26.3. The number of pyridine rings is 1. The van der Waals surface area contributed by atoms with Gasteiger partial charge in [-0.15, -0.1) is 13.2 Å². The summed E-state index contributed by atoms with van der Waals surface area (Å²) in [6, 6.07) is 17.4. The Morgan fingerprint density at radius 1 is 0.919 bits per heavy atom. The van der Waals surface area contributed by atoms with Gasteiger partial charge in [-0.2, -0.15) is 13.2 Å². The molecule has 4 rings (SSSR count). The number of anilines is 1. The first kappa shape index (κ1) is 26.0. The van der Waals surface area contributed by atoms with Gasteiger partial charge in [0.15, 0.2) is 0 Å². The molecule has 0 amide bonds. The second-order valence-electron chi connectivity index (χ2n) is 8.55. The Labute approximate surface area is 214 Å². The fraction of sp³-hybridized carbons (Fsp3) is 0.207. The van der Waals surface area contributed by atoms with Crippen LogP contribution in [-0.4, -0.2) is 39.5 Å². The van der Waals surface area contributed by atoms with Gasteiger partial charge in [-0.3, -0.25) is 9.88 Å². The van der Waals surface area contributed by atoms with Gasteiger partial charge in [0, 0.05) is 36.8 Å². The third-order valence-corrected chi connectivity index (χ3v) is 5.82. The van der Waals surface area contributed by atoms with Gasteiger partial charge >= 0.3 is 6.18 Å². The Balaban J connectivity index is 1.73. The molecule has 4 aromatic rings.